The number of carbonyl (C=O) groups is 2. The second-order valence-electron chi connectivity index (χ2n) is 8.31. The summed E-state index contributed by atoms with van der Waals surface area (Å²) in [7, 11) is -3.75. The monoisotopic (exact) mass is 438 g/mol. The van der Waals surface area contributed by atoms with Crippen LogP contribution in [0.25, 0.3) is 0 Å². The third-order valence-electron chi connectivity index (χ3n) is 6.30. The van der Waals surface area contributed by atoms with Crippen molar-refractivity contribution in [2.45, 2.75) is 50.5 Å². The van der Waals surface area contributed by atoms with E-state index >= 15 is 0 Å². The van der Waals surface area contributed by atoms with Crippen LogP contribution in [0.4, 0.5) is 0 Å². The zero-order valence-corrected chi connectivity index (χ0v) is 18.3. The summed E-state index contributed by atoms with van der Waals surface area (Å²) in [5, 5.41) is 5.05. The van der Waals surface area contributed by atoms with Gasteiger partial charge in [-0.1, -0.05) is 26.7 Å². The van der Waals surface area contributed by atoms with Gasteiger partial charge in [0.1, 0.15) is 19.0 Å². The van der Waals surface area contributed by atoms with Crippen molar-refractivity contribution in [1.82, 2.24) is 4.90 Å². The van der Waals surface area contributed by atoms with E-state index in [1.807, 2.05) is 4.90 Å². The molecule has 1 amide bonds. The van der Waals surface area contributed by atoms with E-state index < -0.39 is 15.9 Å². The Labute approximate surface area is 177 Å². The van der Waals surface area contributed by atoms with Crippen LogP contribution in [0.15, 0.2) is 29.2 Å². The van der Waals surface area contributed by atoms with Gasteiger partial charge in [0, 0.05) is 19.0 Å². The van der Waals surface area contributed by atoms with Gasteiger partial charge in [0.25, 0.3) is 0 Å². The average molecular weight is 439 g/mol. The van der Waals surface area contributed by atoms with Gasteiger partial charge in [0.15, 0.2) is 0 Å². The lowest BCUT2D eigenvalue weighted by molar-refractivity contribution is -0.149. The van der Waals surface area contributed by atoms with E-state index in [0.717, 1.165) is 12.8 Å². The summed E-state index contributed by atoms with van der Waals surface area (Å²) < 4.78 is 33.2. The molecule has 1 aliphatic heterocycles. The summed E-state index contributed by atoms with van der Waals surface area (Å²) in [5.41, 5.74) is 0. The minimum absolute atomic E-state index is 0.00147. The number of likely N-dealkylation sites (tertiary alicyclic amines) is 1. The van der Waals surface area contributed by atoms with Crippen LogP contribution in [-0.2, 0) is 24.3 Å². The highest BCUT2D eigenvalue weighted by Gasteiger charge is 2.42. The van der Waals surface area contributed by atoms with Crippen LogP contribution >= 0.6 is 0 Å². The number of sulfonamides is 1. The first-order chi connectivity index (χ1) is 14.2. The Kier molecular flexibility index (Phi) is 7.02. The van der Waals surface area contributed by atoms with Gasteiger partial charge in [0.2, 0.25) is 15.9 Å². The highest BCUT2D eigenvalue weighted by atomic mass is 32.2. The molecule has 8 nitrogen and oxygen atoms in total. The van der Waals surface area contributed by atoms with Crippen molar-refractivity contribution in [2.24, 2.45) is 22.9 Å². The molecule has 9 heteroatoms. The van der Waals surface area contributed by atoms with Gasteiger partial charge in [0.05, 0.1) is 10.8 Å². The van der Waals surface area contributed by atoms with Gasteiger partial charge in [-0.05, 0) is 42.5 Å². The molecule has 1 heterocycles. The lowest BCUT2D eigenvalue weighted by atomic mass is 9.77. The third kappa shape index (κ3) is 5.31. The number of ether oxygens (including phenoxy) is 2. The van der Waals surface area contributed by atoms with Crippen molar-refractivity contribution in [2.75, 3.05) is 19.8 Å². The molecule has 0 radical (unpaired) electrons. The van der Waals surface area contributed by atoms with Crippen LogP contribution in [0.5, 0.6) is 5.75 Å². The van der Waals surface area contributed by atoms with Crippen LogP contribution in [-0.4, -0.2) is 51.0 Å². The average Bonchev–Trinajstić information content (AvgIpc) is 3.08. The molecule has 2 aliphatic rings. The number of rotatable bonds is 7. The van der Waals surface area contributed by atoms with Crippen molar-refractivity contribution in [3.63, 3.8) is 0 Å². The molecule has 2 fully saturated rings. The molecule has 4 atom stereocenters. The van der Waals surface area contributed by atoms with Crippen molar-refractivity contribution >= 4 is 21.9 Å². The topological polar surface area (TPSA) is 116 Å². The molecule has 166 valence electrons. The van der Waals surface area contributed by atoms with E-state index in [0.29, 0.717) is 24.1 Å². The molecule has 1 aromatic carbocycles. The second-order valence-corrected chi connectivity index (χ2v) is 9.88. The first kappa shape index (κ1) is 22.6. The van der Waals surface area contributed by atoms with Crippen LogP contribution in [0.2, 0.25) is 0 Å². The number of amides is 1. The minimum atomic E-state index is -3.75. The van der Waals surface area contributed by atoms with Crippen LogP contribution in [0.3, 0.4) is 0 Å². The van der Waals surface area contributed by atoms with Gasteiger partial charge in [-0.25, -0.2) is 13.6 Å². The fraction of sp³-hybridized carbons (Fsp3) is 0.619. The standard InChI is InChI=1S/C21H30N2O6S/c1-14-4-3-5-19(15(14)2)23-13-16(12-20(23)24)21(25)29-11-10-28-17-6-8-18(9-7-17)30(22,26)27/h6-9,14-16,19H,3-5,10-13H2,1-2H3,(H2,22,26,27). The predicted octanol–water partition coefficient (Wildman–Crippen LogP) is 1.93. The quantitative estimate of drug-likeness (QED) is 0.514. The molecule has 1 saturated heterocycles. The highest BCUT2D eigenvalue weighted by molar-refractivity contribution is 7.89. The maximum Gasteiger partial charge on any atom is 0.311 e. The minimum Gasteiger partial charge on any atom is -0.490 e. The molecule has 0 bridgehead atoms. The Morgan fingerprint density at radius 1 is 1.17 bits per heavy atom. The van der Waals surface area contributed by atoms with Gasteiger partial charge >= 0.3 is 5.97 Å². The largest absolute Gasteiger partial charge is 0.490 e. The fourth-order valence-corrected chi connectivity index (χ4v) is 4.86. The maximum absolute atomic E-state index is 12.5. The normalized spacial score (nSPS) is 27.2. The molecule has 4 unspecified atom stereocenters. The van der Waals surface area contributed by atoms with Gasteiger partial charge in [-0.3, -0.25) is 9.59 Å². The molecule has 3 rings (SSSR count). The number of hydrogen-bond acceptors (Lipinski definition) is 6. The maximum atomic E-state index is 12.5. The smallest absolute Gasteiger partial charge is 0.311 e. The van der Waals surface area contributed by atoms with Crippen LogP contribution in [0.1, 0.15) is 39.5 Å². The van der Waals surface area contributed by atoms with Crippen molar-refractivity contribution < 1.29 is 27.5 Å². The van der Waals surface area contributed by atoms with Gasteiger partial charge in [-0.2, -0.15) is 0 Å². The Hall–Kier alpha value is -2.13. The fourth-order valence-electron chi connectivity index (χ4n) is 4.35. The van der Waals surface area contributed by atoms with Gasteiger partial charge in [-0.15, -0.1) is 0 Å². The highest BCUT2D eigenvalue weighted by Crippen LogP contribution is 2.35. The molecule has 30 heavy (non-hydrogen) atoms. The van der Waals surface area contributed by atoms with Crippen LogP contribution in [0, 0.1) is 17.8 Å². The summed E-state index contributed by atoms with van der Waals surface area (Å²) in [4.78, 5) is 26.8. The summed E-state index contributed by atoms with van der Waals surface area (Å²) in [6, 6.07) is 5.89. The van der Waals surface area contributed by atoms with Crippen molar-refractivity contribution in [3.8, 4) is 5.75 Å². The number of primary sulfonamides is 1. The SMILES string of the molecule is CC1CCCC(N2CC(C(=O)OCCOc3ccc(S(N)(=O)=O)cc3)CC2=O)C1C. The van der Waals surface area contributed by atoms with Gasteiger partial charge < -0.3 is 14.4 Å². The number of nitrogens with zero attached hydrogens (tertiary/aromatic N) is 1. The molecule has 2 N–H and O–H groups in total. The molecule has 1 aliphatic carbocycles. The lowest BCUT2D eigenvalue weighted by Crippen LogP contribution is -2.45. The number of benzene rings is 1. The Morgan fingerprint density at radius 3 is 2.53 bits per heavy atom. The van der Waals surface area contributed by atoms with E-state index in [1.54, 1.807) is 0 Å². The summed E-state index contributed by atoms with van der Waals surface area (Å²) in [5.74, 6) is 0.687. The number of carbonyl (C=O) groups excluding carboxylic acids is 2. The zero-order chi connectivity index (χ0) is 21.9. The number of hydrogen-bond donors (Lipinski definition) is 1. The van der Waals surface area contributed by atoms with E-state index in [2.05, 4.69) is 13.8 Å². The third-order valence-corrected chi connectivity index (χ3v) is 7.23. The Balaban J connectivity index is 1.44. The number of nitrogens with two attached hydrogens (primary N) is 1. The summed E-state index contributed by atoms with van der Waals surface area (Å²) in [6.07, 6.45) is 3.50. The van der Waals surface area contributed by atoms with E-state index in [9.17, 15) is 18.0 Å². The van der Waals surface area contributed by atoms with E-state index in [-0.39, 0.29) is 42.4 Å². The zero-order valence-electron chi connectivity index (χ0n) is 17.5. The molecule has 1 aromatic rings. The lowest BCUT2D eigenvalue weighted by Gasteiger charge is -2.39. The van der Waals surface area contributed by atoms with Crippen molar-refractivity contribution in [1.29, 1.82) is 0 Å². The first-order valence-corrected chi connectivity index (χ1v) is 11.9. The molecular weight excluding hydrogens is 408 g/mol. The summed E-state index contributed by atoms with van der Waals surface area (Å²) >= 11 is 0. The van der Waals surface area contributed by atoms with E-state index in [4.69, 9.17) is 14.6 Å². The molecule has 0 aromatic heterocycles. The molecule has 1 saturated carbocycles. The number of esters is 1. The Morgan fingerprint density at radius 2 is 1.87 bits per heavy atom. The van der Waals surface area contributed by atoms with Crippen molar-refractivity contribution in [3.05, 3.63) is 24.3 Å². The first-order valence-electron chi connectivity index (χ1n) is 10.4. The second kappa shape index (κ2) is 9.34. The Bertz CT molecular complexity index is 870. The molecular formula is C21H30N2O6S. The van der Waals surface area contributed by atoms with E-state index in [1.165, 1.54) is 30.7 Å². The van der Waals surface area contributed by atoms with Crippen LogP contribution < -0.4 is 9.88 Å². The molecule has 0 spiro atoms. The predicted molar refractivity (Wildman–Crippen MR) is 110 cm³/mol. The summed E-state index contributed by atoms with van der Waals surface area (Å²) in [6.45, 7) is 5.03.